The number of alkyl halides is 1. The summed E-state index contributed by atoms with van der Waals surface area (Å²) in [4.78, 5) is 10.4. The lowest BCUT2D eigenvalue weighted by Gasteiger charge is -1.87. The highest BCUT2D eigenvalue weighted by molar-refractivity contribution is 14.1. The molecule has 0 saturated carbocycles. The van der Waals surface area contributed by atoms with Crippen molar-refractivity contribution in [3.8, 4) is 0 Å². The van der Waals surface area contributed by atoms with Crippen LogP contribution in [0.3, 0.4) is 0 Å². The van der Waals surface area contributed by atoms with Crippen molar-refractivity contribution in [1.82, 2.24) is 0 Å². The summed E-state index contributed by atoms with van der Waals surface area (Å²) in [5, 5.41) is 0. The molecule has 0 bridgehead atoms. The first-order valence-electron chi connectivity index (χ1n) is 2.52. The maximum Gasteiger partial charge on any atom is 0.155 e. The Morgan fingerprint density at radius 3 is 2.75 bits per heavy atom. The molecule has 0 spiro atoms. The van der Waals surface area contributed by atoms with Gasteiger partial charge in [-0.2, -0.15) is 0 Å². The lowest BCUT2D eigenvalue weighted by atomic mass is 10.2. The van der Waals surface area contributed by atoms with Crippen LogP contribution in [0.1, 0.15) is 12.8 Å². The molecule has 0 N–H and O–H groups in total. The van der Waals surface area contributed by atoms with Crippen LogP contribution < -0.4 is 0 Å². The van der Waals surface area contributed by atoms with Crippen LogP contribution in [0.15, 0.2) is 12.7 Å². The van der Waals surface area contributed by atoms with Crippen molar-refractivity contribution in [2.75, 3.05) is 4.43 Å². The molecule has 2 heteroatoms. The minimum Gasteiger partial charge on any atom is -0.295 e. The zero-order chi connectivity index (χ0) is 6.41. The highest BCUT2D eigenvalue weighted by Crippen LogP contribution is 1.95. The maximum absolute atomic E-state index is 10.4. The van der Waals surface area contributed by atoms with E-state index in [4.69, 9.17) is 0 Å². The van der Waals surface area contributed by atoms with Crippen LogP contribution in [0.4, 0.5) is 0 Å². The van der Waals surface area contributed by atoms with Gasteiger partial charge in [0.2, 0.25) is 0 Å². The van der Waals surface area contributed by atoms with Crippen LogP contribution >= 0.6 is 22.6 Å². The second kappa shape index (κ2) is 5.28. The third-order valence-electron chi connectivity index (χ3n) is 0.784. The van der Waals surface area contributed by atoms with E-state index in [1.165, 1.54) is 6.08 Å². The van der Waals surface area contributed by atoms with Crippen molar-refractivity contribution < 1.29 is 4.79 Å². The molecule has 0 saturated heterocycles. The van der Waals surface area contributed by atoms with Gasteiger partial charge in [-0.15, -0.1) is 0 Å². The van der Waals surface area contributed by atoms with Gasteiger partial charge in [-0.1, -0.05) is 29.2 Å². The van der Waals surface area contributed by atoms with Gasteiger partial charge in [0.1, 0.15) is 0 Å². The second-order valence-electron chi connectivity index (χ2n) is 1.46. The van der Waals surface area contributed by atoms with Gasteiger partial charge >= 0.3 is 0 Å². The van der Waals surface area contributed by atoms with Crippen LogP contribution in [0.25, 0.3) is 0 Å². The highest BCUT2D eigenvalue weighted by atomic mass is 127. The van der Waals surface area contributed by atoms with E-state index in [-0.39, 0.29) is 5.78 Å². The van der Waals surface area contributed by atoms with Crippen molar-refractivity contribution in [3.63, 3.8) is 0 Å². The first-order valence-corrected chi connectivity index (χ1v) is 4.05. The van der Waals surface area contributed by atoms with Gasteiger partial charge in [0.05, 0.1) is 0 Å². The monoisotopic (exact) mass is 224 g/mol. The summed E-state index contributed by atoms with van der Waals surface area (Å²) < 4.78 is 1.05. The SMILES string of the molecule is C=CC(=O)CCCI. The third kappa shape index (κ3) is 4.30. The van der Waals surface area contributed by atoms with Gasteiger partial charge in [0.15, 0.2) is 5.78 Å². The number of halogens is 1. The Morgan fingerprint density at radius 2 is 2.38 bits per heavy atom. The van der Waals surface area contributed by atoms with Crippen LogP contribution in [-0.4, -0.2) is 10.2 Å². The van der Waals surface area contributed by atoms with Gasteiger partial charge in [0.25, 0.3) is 0 Å². The molecule has 0 fully saturated rings. The maximum atomic E-state index is 10.4. The number of allylic oxidation sites excluding steroid dienone is 1. The molecular weight excluding hydrogens is 215 g/mol. The zero-order valence-electron chi connectivity index (χ0n) is 4.69. The van der Waals surface area contributed by atoms with Crippen molar-refractivity contribution >= 4 is 28.4 Å². The second-order valence-corrected chi connectivity index (χ2v) is 2.54. The molecule has 0 rings (SSSR count). The predicted molar refractivity (Wildman–Crippen MR) is 43.3 cm³/mol. The number of carbonyl (C=O) groups is 1. The first-order chi connectivity index (χ1) is 3.81. The van der Waals surface area contributed by atoms with Crippen LogP contribution in [0, 0.1) is 0 Å². The normalized spacial score (nSPS) is 8.62. The van der Waals surface area contributed by atoms with E-state index >= 15 is 0 Å². The summed E-state index contributed by atoms with van der Waals surface area (Å²) in [7, 11) is 0. The zero-order valence-corrected chi connectivity index (χ0v) is 6.85. The molecule has 0 atom stereocenters. The fourth-order valence-electron chi connectivity index (χ4n) is 0.343. The lowest BCUT2D eigenvalue weighted by Crippen LogP contribution is -1.90. The number of carbonyl (C=O) groups excluding carboxylic acids is 1. The molecule has 1 nitrogen and oxygen atoms in total. The molecule has 0 aromatic carbocycles. The summed E-state index contributed by atoms with van der Waals surface area (Å²) in [6, 6.07) is 0. The molecule has 0 amide bonds. The number of rotatable bonds is 4. The summed E-state index contributed by atoms with van der Waals surface area (Å²) in [5.41, 5.74) is 0. The molecule has 0 aromatic rings. The first kappa shape index (κ1) is 8.14. The highest BCUT2D eigenvalue weighted by Gasteiger charge is 1.91. The minimum atomic E-state index is 0.154. The van der Waals surface area contributed by atoms with E-state index in [2.05, 4.69) is 29.2 Å². The van der Waals surface area contributed by atoms with Crippen molar-refractivity contribution in [3.05, 3.63) is 12.7 Å². The fourth-order valence-corrected chi connectivity index (χ4v) is 0.725. The molecule has 8 heavy (non-hydrogen) atoms. The molecule has 0 aliphatic rings. The van der Waals surface area contributed by atoms with E-state index in [0.29, 0.717) is 6.42 Å². The third-order valence-corrected chi connectivity index (χ3v) is 1.55. The summed E-state index contributed by atoms with van der Waals surface area (Å²) >= 11 is 2.25. The fraction of sp³-hybridized carbons (Fsp3) is 0.500. The Bertz CT molecular complexity index is 88.5. The van der Waals surface area contributed by atoms with Gasteiger partial charge in [-0.3, -0.25) is 4.79 Å². The average molecular weight is 224 g/mol. The van der Waals surface area contributed by atoms with Crippen LogP contribution in [0.5, 0.6) is 0 Å². The van der Waals surface area contributed by atoms with Gasteiger partial charge < -0.3 is 0 Å². The van der Waals surface area contributed by atoms with Gasteiger partial charge in [-0.05, 0) is 16.9 Å². The van der Waals surface area contributed by atoms with E-state index in [1.807, 2.05) is 0 Å². The van der Waals surface area contributed by atoms with E-state index in [0.717, 1.165) is 10.8 Å². The van der Waals surface area contributed by atoms with Gasteiger partial charge in [-0.25, -0.2) is 0 Å². The Kier molecular flexibility index (Phi) is 5.37. The molecule has 46 valence electrons. The largest absolute Gasteiger partial charge is 0.295 e. The van der Waals surface area contributed by atoms with Gasteiger partial charge in [0, 0.05) is 6.42 Å². The minimum absolute atomic E-state index is 0.154. The van der Waals surface area contributed by atoms with Crippen LogP contribution in [-0.2, 0) is 4.79 Å². The predicted octanol–water partition coefficient (Wildman–Crippen LogP) is 1.96. The molecule has 0 aliphatic heterocycles. The molecule has 0 unspecified atom stereocenters. The van der Waals surface area contributed by atoms with E-state index in [9.17, 15) is 4.79 Å². The molecule has 0 radical (unpaired) electrons. The Balaban J connectivity index is 3.11. The summed E-state index contributed by atoms with van der Waals surface area (Å²) in [6.07, 6.45) is 3.02. The lowest BCUT2D eigenvalue weighted by molar-refractivity contribution is -0.114. The molecular formula is C6H9IO. The molecule has 0 heterocycles. The smallest absolute Gasteiger partial charge is 0.155 e. The van der Waals surface area contributed by atoms with E-state index in [1.54, 1.807) is 0 Å². The number of hydrogen-bond donors (Lipinski definition) is 0. The Morgan fingerprint density at radius 1 is 1.75 bits per heavy atom. The quantitative estimate of drug-likeness (QED) is 0.405. The standard InChI is InChI=1S/C6H9IO/c1-2-6(8)4-3-5-7/h2H,1,3-5H2. The topological polar surface area (TPSA) is 17.1 Å². The average Bonchev–Trinajstić information content (AvgIpc) is 1.83. The van der Waals surface area contributed by atoms with Crippen LogP contribution in [0.2, 0.25) is 0 Å². The number of hydrogen-bond acceptors (Lipinski definition) is 1. The number of ketones is 1. The van der Waals surface area contributed by atoms with E-state index < -0.39 is 0 Å². The molecule has 0 aromatic heterocycles. The van der Waals surface area contributed by atoms with Crippen molar-refractivity contribution in [2.24, 2.45) is 0 Å². The summed E-state index contributed by atoms with van der Waals surface area (Å²) in [5.74, 6) is 0.154. The summed E-state index contributed by atoms with van der Waals surface area (Å²) in [6.45, 7) is 3.36. The van der Waals surface area contributed by atoms with Crippen molar-refractivity contribution in [1.29, 1.82) is 0 Å². The Hall–Kier alpha value is 0.140. The Labute approximate surface area is 63.3 Å². The van der Waals surface area contributed by atoms with Crippen molar-refractivity contribution in [2.45, 2.75) is 12.8 Å². The molecule has 0 aliphatic carbocycles.